The zero-order valence-electron chi connectivity index (χ0n) is 30.8. The fourth-order valence-electron chi connectivity index (χ4n) is 6.06. The Morgan fingerprint density at radius 2 is 1.86 bits per heavy atom. The Morgan fingerprint density at radius 1 is 1.08 bits per heavy atom. The van der Waals surface area contributed by atoms with Crippen molar-refractivity contribution in [1.29, 1.82) is 0 Å². The van der Waals surface area contributed by atoms with Gasteiger partial charge < -0.3 is 29.7 Å². The Labute approximate surface area is 290 Å². The number of fused-ring (bicyclic) bond motifs is 1. The highest BCUT2D eigenvalue weighted by Gasteiger charge is 2.37. The molecule has 1 atom stereocenters. The van der Waals surface area contributed by atoms with Crippen LogP contribution in [0, 0.1) is 12.4 Å². The third-order valence-corrected chi connectivity index (χ3v) is 8.52. The van der Waals surface area contributed by atoms with E-state index in [1.54, 1.807) is 69.3 Å². The monoisotopic (exact) mass is 674 g/mol. The molecule has 2 aliphatic heterocycles. The van der Waals surface area contributed by atoms with Gasteiger partial charge in [-0.3, -0.25) is 19.3 Å². The molecule has 0 spiro atoms. The van der Waals surface area contributed by atoms with Crippen molar-refractivity contribution in [3.8, 4) is 11.5 Å². The quantitative estimate of drug-likeness (QED) is 0.205. The van der Waals surface area contributed by atoms with E-state index in [0.717, 1.165) is 5.69 Å². The van der Waals surface area contributed by atoms with Crippen LogP contribution in [0.2, 0.25) is 0 Å². The molecule has 3 aromatic carbocycles. The summed E-state index contributed by atoms with van der Waals surface area (Å²) in [5.41, 5.74) is 7.91. The third-order valence-electron chi connectivity index (χ3n) is 8.52. The first-order chi connectivity index (χ1) is 24.5. The van der Waals surface area contributed by atoms with E-state index in [0.29, 0.717) is 60.7 Å². The number of ether oxygens (including phenoxy) is 3. The van der Waals surface area contributed by atoms with Crippen LogP contribution in [-0.2, 0) is 34.0 Å². The molecule has 2 N–H and O–H groups in total. The summed E-state index contributed by atoms with van der Waals surface area (Å²) in [6.07, 6.45) is -0.0670. The zero-order valence-corrected chi connectivity index (χ0v) is 27.8. The number of amides is 2. The van der Waals surface area contributed by atoms with E-state index in [9.17, 15) is 14.4 Å². The van der Waals surface area contributed by atoms with E-state index in [2.05, 4.69) is 14.6 Å². The molecule has 0 aliphatic carbocycles. The van der Waals surface area contributed by atoms with Gasteiger partial charge in [-0.25, -0.2) is 9.24 Å². The summed E-state index contributed by atoms with van der Waals surface area (Å²) >= 11 is 0. The van der Waals surface area contributed by atoms with Gasteiger partial charge in [-0.2, -0.15) is 0 Å². The van der Waals surface area contributed by atoms with Gasteiger partial charge in [-0.15, -0.1) is 0 Å². The fourth-order valence-corrected chi connectivity index (χ4v) is 6.06. The number of benzene rings is 3. The minimum Gasteiger partial charge on any atom is -0.508 e. The van der Waals surface area contributed by atoms with E-state index < -0.39 is 36.5 Å². The number of esters is 1. The second kappa shape index (κ2) is 15.0. The van der Waals surface area contributed by atoms with Crippen molar-refractivity contribution in [2.24, 2.45) is 5.73 Å². The third kappa shape index (κ3) is 8.48. The fraction of sp³-hybridized carbons (Fsp3) is 0.405. The number of hydrogen-bond donors (Lipinski definition) is 1. The highest BCUT2D eigenvalue weighted by Crippen LogP contribution is 2.34. The van der Waals surface area contributed by atoms with Crippen LogP contribution in [0.25, 0.3) is 4.85 Å². The number of hydrogen-bond acceptors (Lipinski definition) is 8. The Kier molecular flexibility index (Phi) is 9.50. The topological polar surface area (TPSA) is 119 Å². The zero-order chi connectivity index (χ0) is 37.8. The maximum atomic E-state index is 15.3. The molecule has 1 fully saturated rings. The number of nitrogens with zero attached hydrogens (tertiary/aromatic N) is 4. The number of piperazine rings is 1. The number of nitrogens with two attached hydrogens (primary N) is 1. The molecule has 0 saturated carbocycles. The van der Waals surface area contributed by atoms with Crippen LogP contribution in [0.4, 0.5) is 15.8 Å². The Hall–Kier alpha value is -5.15. The molecule has 0 bridgehead atoms. The number of halogens is 1. The number of carbonyl (C=O) groups is 3. The molecule has 49 heavy (non-hydrogen) atoms. The molecule has 2 amide bonds. The summed E-state index contributed by atoms with van der Waals surface area (Å²) in [6.45, 7) is 15.5. The van der Waals surface area contributed by atoms with Crippen molar-refractivity contribution in [1.82, 2.24) is 9.80 Å². The predicted molar refractivity (Wildman–Crippen MR) is 182 cm³/mol. The number of methoxy groups -OCH3 is 1. The first-order valence-corrected chi connectivity index (χ1v) is 16.0. The lowest BCUT2D eigenvalue weighted by atomic mass is 10.1. The highest BCUT2D eigenvalue weighted by molar-refractivity contribution is 6.01. The van der Waals surface area contributed by atoms with Crippen LogP contribution in [0.5, 0.6) is 11.5 Å². The Balaban J connectivity index is 1.16. The smallest absolute Gasteiger partial charge is 0.306 e. The lowest BCUT2D eigenvalue weighted by Crippen LogP contribution is -2.46. The van der Waals surface area contributed by atoms with Crippen molar-refractivity contribution in [2.45, 2.75) is 65.0 Å². The van der Waals surface area contributed by atoms with Gasteiger partial charge >= 0.3 is 5.97 Å². The second-order valence-corrected chi connectivity index (χ2v) is 13.1. The summed E-state index contributed by atoms with van der Waals surface area (Å²) in [5, 5.41) is 0. The molecule has 1 saturated heterocycles. The Morgan fingerprint density at radius 3 is 2.53 bits per heavy atom. The molecule has 3 aromatic rings. The predicted octanol–water partition coefficient (Wildman–Crippen LogP) is 5.22. The van der Waals surface area contributed by atoms with Crippen molar-refractivity contribution in [3.05, 3.63) is 94.1 Å². The number of primary amides is 1. The second-order valence-electron chi connectivity index (χ2n) is 13.1. The summed E-state index contributed by atoms with van der Waals surface area (Å²) in [4.78, 5) is 46.9. The SMILES string of the molecule is [2H]C([2H])([2H])Oc1cc(N2CCN(Cc3ccc(COc4cccc5c4CN([C@@H](CCC(=O)OC(C)(C)C)C(N)=O)C5=O)cc3F)CC2)ccc1[N+]#[C-]. The molecule has 5 rings (SSSR count). The lowest BCUT2D eigenvalue weighted by Gasteiger charge is -2.36. The standard InChI is InChI=1S/C37H42FN5O6/c1-37(2,3)49-34(44)14-13-31(35(39)45)43-22-28-27(36(43)46)7-6-8-32(28)48-23-24-9-10-25(29(38)19-24)21-41-15-17-42(18-16-41)26-11-12-30(40-4)33(20-26)47-5/h6-12,19-20,31H,13-18,21-23H2,1-3,5H3,(H2,39,45)/t31-/m0/s1/i5D3. The average molecular weight is 675 g/mol. The summed E-state index contributed by atoms with van der Waals surface area (Å²) in [5.74, 6) is -1.56. The van der Waals surface area contributed by atoms with Crippen molar-refractivity contribution >= 4 is 29.2 Å². The van der Waals surface area contributed by atoms with Gasteiger partial charge in [0, 0.05) is 61.5 Å². The van der Waals surface area contributed by atoms with Crippen LogP contribution in [0.3, 0.4) is 0 Å². The van der Waals surface area contributed by atoms with E-state index in [1.807, 2.05) is 0 Å². The first-order valence-electron chi connectivity index (χ1n) is 17.5. The van der Waals surface area contributed by atoms with Gasteiger partial charge in [0.15, 0.2) is 0 Å². The molecular weight excluding hydrogens is 629 g/mol. The van der Waals surface area contributed by atoms with Crippen molar-refractivity contribution in [3.63, 3.8) is 0 Å². The van der Waals surface area contributed by atoms with E-state index in [4.69, 9.17) is 30.6 Å². The molecule has 258 valence electrons. The Bertz CT molecular complexity index is 1870. The number of rotatable bonds is 12. The normalized spacial score (nSPS) is 16.6. The van der Waals surface area contributed by atoms with E-state index in [1.165, 1.54) is 11.0 Å². The van der Waals surface area contributed by atoms with Crippen LogP contribution in [-0.4, -0.2) is 72.4 Å². The van der Waals surface area contributed by atoms with Crippen LogP contribution >= 0.6 is 0 Å². The molecule has 0 aromatic heterocycles. The summed E-state index contributed by atoms with van der Waals surface area (Å²) in [6, 6.07) is 13.8. The van der Waals surface area contributed by atoms with E-state index >= 15 is 4.39 Å². The molecule has 11 nitrogen and oxygen atoms in total. The maximum Gasteiger partial charge on any atom is 0.306 e. The lowest BCUT2D eigenvalue weighted by molar-refractivity contribution is -0.155. The average Bonchev–Trinajstić information content (AvgIpc) is 3.39. The molecule has 2 aliphatic rings. The van der Waals surface area contributed by atoms with Gasteiger partial charge in [0.1, 0.15) is 35.6 Å². The summed E-state index contributed by atoms with van der Waals surface area (Å²) < 4.78 is 54.0. The summed E-state index contributed by atoms with van der Waals surface area (Å²) in [7, 11) is -2.67. The largest absolute Gasteiger partial charge is 0.508 e. The molecule has 0 radical (unpaired) electrons. The maximum absolute atomic E-state index is 15.3. The van der Waals surface area contributed by atoms with Crippen LogP contribution in [0.1, 0.15) is 64.8 Å². The van der Waals surface area contributed by atoms with Crippen molar-refractivity contribution in [2.75, 3.05) is 38.1 Å². The van der Waals surface area contributed by atoms with Gasteiger partial charge in [0.05, 0.1) is 24.3 Å². The van der Waals surface area contributed by atoms with Crippen molar-refractivity contribution < 1.29 is 37.1 Å². The van der Waals surface area contributed by atoms with Gasteiger partial charge in [-0.05, 0) is 63.1 Å². The molecular formula is C37H42FN5O6. The minimum atomic E-state index is -2.67. The minimum absolute atomic E-state index is 0.0112. The van der Waals surface area contributed by atoms with Crippen LogP contribution < -0.4 is 20.1 Å². The first kappa shape index (κ1) is 31.1. The highest BCUT2D eigenvalue weighted by atomic mass is 19.1. The van der Waals surface area contributed by atoms with Gasteiger partial charge in [-0.1, -0.05) is 24.3 Å². The molecule has 2 heterocycles. The van der Waals surface area contributed by atoms with Crippen LogP contribution in [0.15, 0.2) is 54.6 Å². The number of anilines is 1. The molecule has 12 heteroatoms. The van der Waals surface area contributed by atoms with Gasteiger partial charge in [0.2, 0.25) is 11.6 Å². The van der Waals surface area contributed by atoms with Gasteiger partial charge in [0.25, 0.3) is 5.91 Å². The van der Waals surface area contributed by atoms with E-state index in [-0.39, 0.29) is 43.2 Å². The number of carbonyl (C=O) groups excluding carboxylic acids is 3. The molecule has 0 unspecified atom stereocenters.